The summed E-state index contributed by atoms with van der Waals surface area (Å²) in [6.07, 6.45) is 1.74. The Morgan fingerprint density at radius 1 is 1.14 bits per heavy atom. The normalized spacial score (nSPS) is 15.6. The standard InChI is InChI=1S/C18H14F3N5O2/c1-27-15-4-2-3-12(16(15)28-17(20)21)14-9-13(10-5-7-11(19)8-6-10)22-18-23-24-25-26(14)18/h2-9,14,17H,1H3,(H,22,23,25). The van der Waals surface area contributed by atoms with E-state index in [4.69, 9.17) is 9.47 Å². The molecule has 28 heavy (non-hydrogen) atoms. The van der Waals surface area contributed by atoms with Crippen LogP contribution in [0.5, 0.6) is 11.5 Å². The lowest BCUT2D eigenvalue weighted by Gasteiger charge is -2.25. The van der Waals surface area contributed by atoms with Crippen LogP contribution in [0, 0.1) is 5.82 Å². The number of fused-ring (bicyclic) bond motifs is 1. The van der Waals surface area contributed by atoms with Crippen molar-refractivity contribution in [2.45, 2.75) is 12.7 Å². The molecular formula is C18H14F3N5O2. The highest BCUT2D eigenvalue weighted by atomic mass is 19.3. The maximum absolute atomic E-state index is 13.3. The van der Waals surface area contributed by atoms with Crippen molar-refractivity contribution in [3.05, 3.63) is 65.5 Å². The Labute approximate surface area is 157 Å². The van der Waals surface area contributed by atoms with Crippen LogP contribution in [0.15, 0.2) is 48.5 Å². The van der Waals surface area contributed by atoms with Gasteiger partial charge in [0.25, 0.3) is 0 Å². The first kappa shape index (κ1) is 17.8. The summed E-state index contributed by atoms with van der Waals surface area (Å²) in [6, 6.07) is 9.97. The number of tetrazole rings is 1. The van der Waals surface area contributed by atoms with Gasteiger partial charge in [0.2, 0.25) is 5.95 Å². The lowest BCUT2D eigenvalue weighted by molar-refractivity contribution is -0.0520. The van der Waals surface area contributed by atoms with Crippen LogP contribution in [-0.2, 0) is 0 Å². The number of aromatic nitrogens is 4. The molecular weight excluding hydrogens is 375 g/mol. The van der Waals surface area contributed by atoms with E-state index in [9.17, 15) is 13.2 Å². The molecule has 0 amide bonds. The molecule has 0 fully saturated rings. The largest absolute Gasteiger partial charge is 0.493 e. The Morgan fingerprint density at radius 3 is 2.64 bits per heavy atom. The number of para-hydroxylation sites is 1. The van der Waals surface area contributed by atoms with Crippen LogP contribution >= 0.6 is 0 Å². The molecule has 1 N–H and O–H groups in total. The third kappa shape index (κ3) is 3.24. The molecule has 1 unspecified atom stereocenters. The summed E-state index contributed by atoms with van der Waals surface area (Å²) in [6.45, 7) is -3.04. The number of allylic oxidation sites excluding steroid dienone is 1. The Morgan fingerprint density at radius 2 is 1.93 bits per heavy atom. The number of methoxy groups -OCH3 is 1. The molecule has 0 aliphatic carbocycles. The summed E-state index contributed by atoms with van der Waals surface area (Å²) in [7, 11) is 1.36. The van der Waals surface area contributed by atoms with Crippen molar-refractivity contribution in [2.24, 2.45) is 0 Å². The summed E-state index contributed by atoms with van der Waals surface area (Å²) in [5.74, 6) is -0.0228. The van der Waals surface area contributed by atoms with Crippen LogP contribution in [0.3, 0.4) is 0 Å². The summed E-state index contributed by atoms with van der Waals surface area (Å²) in [4.78, 5) is 0. The van der Waals surface area contributed by atoms with E-state index >= 15 is 0 Å². The predicted octanol–water partition coefficient (Wildman–Crippen LogP) is 3.48. The van der Waals surface area contributed by atoms with Gasteiger partial charge in [-0.05, 0) is 52.4 Å². The minimum absolute atomic E-state index is 0.108. The summed E-state index contributed by atoms with van der Waals surface area (Å²) >= 11 is 0. The Bertz CT molecular complexity index is 1020. The highest BCUT2D eigenvalue weighted by Crippen LogP contribution is 2.41. The average molecular weight is 389 g/mol. The van der Waals surface area contributed by atoms with Gasteiger partial charge in [-0.2, -0.15) is 13.5 Å². The first-order chi connectivity index (χ1) is 13.6. The second-order valence-electron chi connectivity index (χ2n) is 5.86. The molecule has 0 bridgehead atoms. The first-order valence-electron chi connectivity index (χ1n) is 8.21. The highest BCUT2D eigenvalue weighted by Gasteiger charge is 2.29. The van der Waals surface area contributed by atoms with Crippen molar-refractivity contribution >= 4 is 11.6 Å². The lowest BCUT2D eigenvalue weighted by Crippen LogP contribution is -2.21. The van der Waals surface area contributed by atoms with E-state index < -0.39 is 12.7 Å². The van der Waals surface area contributed by atoms with Gasteiger partial charge in [-0.25, -0.2) is 4.39 Å². The first-order valence-corrected chi connectivity index (χ1v) is 8.21. The maximum Gasteiger partial charge on any atom is 0.387 e. The number of hydrogen-bond donors (Lipinski definition) is 1. The zero-order valence-electron chi connectivity index (χ0n) is 14.5. The molecule has 4 rings (SSSR count). The monoisotopic (exact) mass is 389 g/mol. The topological polar surface area (TPSA) is 74.1 Å². The molecule has 0 saturated carbocycles. The van der Waals surface area contributed by atoms with Crippen molar-refractivity contribution in [1.29, 1.82) is 0 Å². The maximum atomic E-state index is 13.3. The van der Waals surface area contributed by atoms with Crippen LogP contribution < -0.4 is 14.8 Å². The fraction of sp³-hybridized carbons (Fsp3) is 0.167. The molecule has 0 radical (unpaired) electrons. The molecule has 144 valence electrons. The quantitative estimate of drug-likeness (QED) is 0.720. The number of hydrogen-bond acceptors (Lipinski definition) is 6. The van der Waals surface area contributed by atoms with Crippen LogP contribution in [-0.4, -0.2) is 33.9 Å². The summed E-state index contributed by atoms with van der Waals surface area (Å²) in [5, 5.41) is 14.5. The van der Waals surface area contributed by atoms with Gasteiger partial charge in [-0.3, -0.25) is 0 Å². The highest BCUT2D eigenvalue weighted by molar-refractivity contribution is 5.77. The molecule has 10 heteroatoms. The van der Waals surface area contributed by atoms with Gasteiger partial charge in [0.05, 0.1) is 7.11 Å². The van der Waals surface area contributed by atoms with Gasteiger partial charge < -0.3 is 14.8 Å². The average Bonchev–Trinajstić information content (AvgIpc) is 3.16. The van der Waals surface area contributed by atoms with Crippen LogP contribution in [0.4, 0.5) is 19.1 Å². The molecule has 1 aromatic heterocycles. The zero-order valence-corrected chi connectivity index (χ0v) is 14.5. The molecule has 7 nitrogen and oxygen atoms in total. The Balaban J connectivity index is 1.85. The Hall–Kier alpha value is -3.56. The van der Waals surface area contributed by atoms with Crippen molar-refractivity contribution in [1.82, 2.24) is 20.2 Å². The predicted molar refractivity (Wildman–Crippen MR) is 93.6 cm³/mol. The van der Waals surface area contributed by atoms with E-state index in [0.717, 1.165) is 0 Å². The smallest absolute Gasteiger partial charge is 0.387 e. The molecule has 1 aliphatic rings. The number of ether oxygens (including phenoxy) is 2. The molecule has 0 saturated heterocycles. The van der Waals surface area contributed by atoms with E-state index in [0.29, 0.717) is 22.8 Å². The summed E-state index contributed by atoms with van der Waals surface area (Å²) in [5.41, 5.74) is 1.66. The number of nitrogens with zero attached hydrogens (tertiary/aromatic N) is 4. The van der Waals surface area contributed by atoms with Gasteiger partial charge in [0, 0.05) is 11.3 Å². The van der Waals surface area contributed by atoms with Crippen molar-refractivity contribution in [3.8, 4) is 11.5 Å². The lowest BCUT2D eigenvalue weighted by atomic mass is 10.0. The minimum Gasteiger partial charge on any atom is -0.493 e. The van der Waals surface area contributed by atoms with Gasteiger partial charge in [-0.15, -0.1) is 0 Å². The number of alkyl halides is 2. The van der Waals surface area contributed by atoms with E-state index in [-0.39, 0.29) is 17.3 Å². The number of nitrogens with one attached hydrogen (secondary N) is 1. The second-order valence-corrected chi connectivity index (χ2v) is 5.86. The fourth-order valence-electron chi connectivity index (χ4n) is 3.01. The van der Waals surface area contributed by atoms with Gasteiger partial charge in [0.1, 0.15) is 11.9 Å². The van der Waals surface area contributed by atoms with Crippen LogP contribution in [0.2, 0.25) is 0 Å². The van der Waals surface area contributed by atoms with Gasteiger partial charge >= 0.3 is 6.61 Å². The van der Waals surface area contributed by atoms with E-state index in [2.05, 4.69) is 20.8 Å². The van der Waals surface area contributed by atoms with E-state index in [1.165, 1.54) is 30.0 Å². The molecule has 2 aromatic carbocycles. The second kappa shape index (κ2) is 7.22. The number of rotatable bonds is 5. The molecule has 1 aliphatic heterocycles. The molecule has 1 atom stereocenters. The minimum atomic E-state index is -3.04. The zero-order chi connectivity index (χ0) is 19.7. The number of halogens is 3. The molecule has 2 heterocycles. The Kier molecular flexibility index (Phi) is 4.60. The number of anilines is 1. The third-order valence-electron chi connectivity index (χ3n) is 4.24. The van der Waals surface area contributed by atoms with E-state index in [1.807, 2.05) is 0 Å². The van der Waals surface area contributed by atoms with Crippen LogP contribution in [0.25, 0.3) is 5.70 Å². The van der Waals surface area contributed by atoms with E-state index in [1.54, 1.807) is 30.3 Å². The van der Waals surface area contributed by atoms with Gasteiger partial charge in [0.15, 0.2) is 11.5 Å². The third-order valence-corrected chi connectivity index (χ3v) is 4.24. The molecule has 3 aromatic rings. The number of benzene rings is 2. The SMILES string of the molecule is COc1cccc(C2C=C(c3ccc(F)cc3)Nc3nnnn32)c1OC(F)F. The van der Waals surface area contributed by atoms with Gasteiger partial charge in [-0.1, -0.05) is 17.2 Å². The van der Waals surface area contributed by atoms with Crippen molar-refractivity contribution in [2.75, 3.05) is 12.4 Å². The fourth-order valence-corrected chi connectivity index (χ4v) is 3.01. The molecule has 0 spiro atoms. The summed E-state index contributed by atoms with van der Waals surface area (Å²) < 4.78 is 50.6. The van der Waals surface area contributed by atoms with Crippen LogP contribution in [0.1, 0.15) is 17.2 Å². The van der Waals surface area contributed by atoms with Crippen molar-refractivity contribution < 1.29 is 22.6 Å². The van der Waals surface area contributed by atoms with Crippen molar-refractivity contribution in [3.63, 3.8) is 0 Å².